The number of carboxylic acids is 1. The number of halogens is 4. The van der Waals surface area contributed by atoms with Gasteiger partial charge in [-0.1, -0.05) is 29.8 Å². The highest BCUT2D eigenvalue weighted by Crippen LogP contribution is 2.42. The van der Waals surface area contributed by atoms with E-state index in [1.807, 2.05) is 38.1 Å². The fourth-order valence-corrected chi connectivity index (χ4v) is 5.83. The maximum atomic E-state index is 15.4. The molecule has 0 radical (unpaired) electrons. The highest BCUT2D eigenvalue weighted by Gasteiger charge is 2.37. The van der Waals surface area contributed by atoms with Crippen molar-refractivity contribution in [2.24, 2.45) is 0 Å². The van der Waals surface area contributed by atoms with E-state index in [1.54, 1.807) is 4.57 Å². The maximum absolute atomic E-state index is 15.4. The first-order valence-electron chi connectivity index (χ1n) is 14.2. The zero-order chi connectivity index (χ0) is 30.5. The molecule has 2 aliphatic rings. The van der Waals surface area contributed by atoms with E-state index in [-0.39, 0.29) is 36.6 Å². The fraction of sp³-hybridized carbons (Fsp3) is 0.375. The van der Waals surface area contributed by atoms with Crippen molar-refractivity contribution in [2.75, 3.05) is 13.2 Å². The molecule has 1 N–H and O–H groups in total. The first-order valence-corrected chi connectivity index (χ1v) is 14.2. The van der Waals surface area contributed by atoms with Crippen LogP contribution in [0.1, 0.15) is 63.4 Å². The number of fused-ring (bicyclic) bond motifs is 2. The second kappa shape index (κ2) is 11.3. The number of aromatic carboxylic acids is 1. The van der Waals surface area contributed by atoms with E-state index in [2.05, 4.69) is 9.88 Å². The van der Waals surface area contributed by atoms with Crippen molar-refractivity contribution in [3.8, 4) is 5.75 Å². The molecule has 0 aliphatic carbocycles. The second-order valence-electron chi connectivity index (χ2n) is 11.2. The van der Waals surface area contributed by atoms with E-state index in [0.29, 0.717) is 43.0 Å². The van der Waals surface area contributed by atoms with Gasteiger partial charge in [-0.3, -0.25) is 4.90 Å². The molecule has 1 aromatic heterocycles. The lowest BCUT2D eigenvalue weighted by Crippen LogP contribution is -2.36. The van der Waals surface area contributed by atoms with Crippen molar-refractivity contribution in [1.82, 2.24) is 14.5 Å². The summed E-state index contributed by atoms with van der Waals surface area (Å²) in [5, 5.41) is 9.47. The number of nitrogens with zero attached hydrogens (tertiary/aromatic N) is 3. The molecular formula is C32H31F4N3O4. The Morgan fingerprint density at radius 2 is 1.91 bits per heavy atom. The average molecular weight is 598 g/mol. The quantitative estimate of drug-likeness (QED) is 0.228. The van der Waals surface area contributed by atoms with Crippen LogP contribution in [-0.4, -0.2) is 44.8 Å². The SMILES string of the molecule is Cc1ccc(COc2cc3c(cc2C(F)(F)F)CCN(Cc2nc4ccc(C(=O)O)c(F)c4n2C[C@@H]2CCO2)[C@H]3C)cc1. The van der Waals surface area contributed by atoms with E-state index < -0.39 is 29.1 Å². The molecule has 2 atom stereocenters. The zero-order valence-corrected chi connectivity index (χ0v) is 23.7. The van der Waals surface area contributed by atoms with Crippen LogP contribution in [0.2, 0.25) is 0 Å². The molecule has 226 valence electrons. The predicted molar refractivity (Wildman–Crippen MR) is 150 cm³/mol. The number of alkyl halides is 3. The number of ether oxygens (including phenoxy) is 2. The molecule has 6 rings (SSSR count). The summed E-state index contributed by atoms with van der Waals surface area (Å²) in [5.41, 5.74) is 2.34. The zero-order valence-electron chi connectivity index (χ0n) is 23.7. The van der Waals surface area contributed by atoms with Crippen molar-refractivity contribution in [2.45, 2.75) is 64.7 Å². The minimum absolute atomic E-state index is 0.00258. The molecule has 11 heteroatoms. The van der Waals surface area contributed by atoms with Gasteiger partial charge in [0.25, 0.3) is 0 Å². The molecule has 0 saturated carbocycles. The molecule has 1 fully saturated rings. The van der Waals surface area contributed by atoms with Gasteiger partial charge in [-0.05, 0) is 67.6 Å². The molecule has 2 aliphatic heterocycles. The third-order valence-corrected chi connectivity index (χ3v) is 8.41. The van der Waals surface area contributed by atoms with Gasteiger partial charge in [0.1, 0.15) is 23.7 Å². The molecule has 7 nitrogen and oxygen atoms in total. The van der Waals surface area contributed by atoms with Crippen molar-refractivity contribution in [3.63, 3.8) is 0 Å². The van der Waals surface area contributed by atoms with Gasteiger partial charge in [0.05, 0.1) is 35.8 Å². The van der Waals surface area contributed by atoms with Crippen molar-refractivity contribution in [3.05, 3.63) is 93.6 Å². The summed E-state index contributed by atoms with van der Waals surface area (Å²) in [6.45, 7) is 5.51. The van der Waals surface area contributed by atoms with Crippen molar-refractivity contribution in [1.29, 1.82) is 0 Å². The van der Waals surface area contributed by atoms with Gasteiger partial charge in [-0.15, -0.1) is 0 Å². The number of rotatable bonds is 8. The van der Waals surface area contributed by atoms with Gasteiger partial charge in [0.2, 0.25) is 0 Å². The Bertz CT molecular complexity index is 1680. The van der Waals surface area contributed by atoms with Crippen LogP contribution in [0, 0.1) is 12.7 Å². The number of hydrogen-bond donors (Lipinski definition) is 1. The van der Waals surface area contributed by atoms with Crippen LogP contribution < -0.4 is 4.74 Å². The van der Waals surface area contributed by atoms with Gasteiger partial charge in [0.15, 0.2) is 5.82 Å². The lowest BCUT2D eigenvalue weighted by Gasteiger charge is -2.36. The first-order chi connectivity index (χ1) is 20.5. The maximum Gasteiger partial charge on any atom is 0.419 e. The minimum Gasteiger partial charge on any atom is -0.488 e. The van der Waals surface area contributed by atoms with E-state index >= 15 is 4.39 Å². The van der Waals surface area contributed by atoms with Crippen LogP contribution in [0.25, 0.3) is 11.0 Å². The van der Waals surface area contributed by atoms with E-state index in [4.69, 9.17) is 9.47 Å². The van der Waals surface area contributed by atoms with Crippen LogP contribution in [0.3, 0.4) is 0 Å². The first kappa shape index (κ1) is 29.1. The topological polar surface area (TPSA) is 76.8 Å². The van der Waals surface area contributed by atoms with Gasteiger partial charge in [-0.25, -0.2) is 14.2 Å². The smallest absolute Gasteiger partial charge is 0.419 e. The summed E-state index contributed by atoms with van der Waals surface area (Å²) in [4.78, 5) is 18.4. The van der Waals surface area contributed by atoms with Crippen LogP contribution in [0.15, 0.2) is 48.5 Å². The van der Waals surface area contributed by atoms with Crippen LogP contribution in [-0.2, 0) is 37.0 Å². The van der Waals surface area contributed by atoms with Crippen LogP contribution in [0.5, 0.6) is 5.75 Å². The molecule has 43 heavy (non-hydrogen) atoms. The number of carbonyl (C=O) groups is 1. The molecule has 1 saturated heterocycles. The van der Waals surface area contributed by atoms with Gasteiger partial charge >= 0.3 is 12.1 Å². The van der Waals surface area contributed by atoms with Crippen molar-refractivity contribution < 1.29 is 36.9 Å². The Hall–Kier alpha value is -3.96. The Balaban J connectivity index is 1.32. The van der Waals surface area contributed by atoms with Gasteiger partial charge < -0.3 is 19.1 Å². The molecule has 0 amide bonds. The van der Waals surface area contributed by atoms with E-state index in [0.717, 1.165) is 23.1 Å². The molecule has 4 aromatic rings. The van der Waals surface area contributed by atoms with Gasteiger partial charge in [0, 0.05) is 19.2 Å². The summed E-state index contributed by atoms with van der Waals surface area (Å²) >= 11 is 0. The summed E-state index contributed by atoms with van der Waals surface area (Å²) in [5.74, 6) is -1.91. The van der Waals surface area contributed by atoms with Gasteiger partial charge in [-0.2, -0.15) is 13.2 Å². The Morgan fingerprint density at radius 1 is 1.16 bits per heavy atom. The number of carboxylic acid groups (broad SMARTS) is 1. The third-order valence-electron chi connectivity index (χ3n) is 8.41. The Kier molecular flexibility index (Phi) is 7.64. The lowest BCUT2D eigenvalue weighted by atomic mass is 9.91. The standard InChI is InChI=1S/C32H31F4N3O4/c1-18-3-5-20(6-4-18)17-43-27-14-24-19(2)38(11-9-21(24)13-25(27)32(34,35)36)16-28-37-26-8-7-23(31(40)41)29(33)30(26)39(28)15-22-10-12-42-22/h3-8,13-14,19,22H,9-12,15-17H2,1-2H3,(H,40,41)/t19-,22-/m0/s1. The highest BCUT2D eigenvalue weighted by molar-refractivity contribution is 5.93. The number of hydrogen-bond acceptors (Lipinski definition) is 5. The number of aromatic nitrogens is 2. The average Bonchev–Trinajstić information content (AvgIpc) is 3.28. The number of aryl methyl sites for hydroxylation is 1. The Morgan fingerprint density at radius 3 is 2.56 bits per heavy atom. The Labute approximate surface area is 245 Å². The normalized spacial score (nSPS) is 18.8. The summed E-state index contributed by atoms with van der Waals surface area (Å²) in [6, 6.07) is 12.5. The lowest BCUT2D eigenvalue weighted by molar-refractivity contribution is -0.139. The number of benzene rings is 3. The summed E-state index contributed by atoms with van der Waals surface area (Å²) in [7, 11) is 0. The molecular weight excluding hydrogens is 566 g/mol. The molecule has 0 spiro atoms. The molecule has 3 aromatic carbocycles. The highest BCUT2D eigenvalue weighted by atomic mass is 19.4. The molecule has 0 unspecified atom stereocenters. The van der Waals surface area contributed by atoms with Crippen LogP contribution in [0.4, 0.5) is 17.6 Å². The largest absolute Gasteiger partial charge is 0.488 e. The van der Waals surface area contributed by atoms with E-state index in [9.17, 15) is 23.1 Å². The predicted octanol–water partition coefficient (Wildman–Crippen LogP) is 6.69. The fourth-order valence-electron chi connectivity index (χ4n) is 5.83. The summed E-state index contributed by atoms with van der Waals surface area (Å²) in [6.07, 6.45) is -3.55. The number of imidazole rings is 1. The molecule has 0 bridgehead atoms. The second-order valence-corrected chi connectivity index (χ2v) is 11.2. The van der Waals surface area contributed by atoms with Crippen molar-refractivity contribution >= 4 is 17.0 Å². The summed E-state index contributed by atoms with van der Waals surface area (Å²) < 4.78 is 70.7. The minimum atomic E-state index is -4.58. The third kappa shape index (κ3) is 5.71. The van der Waals surface area contributed by atoms with Crippen LogP contribution >= 0.6 is 0 Å². The monoisotopic (exact) mass is 597 g/mol. The van der Waals surface area contributed by atoms with E-state index in [1.165, 1.54) is 24.3 Å². The molecule has 3 heterocycles.